The van der Waals surface area contributed by atoms with Crippen molar-refractivity contribution in [3.63, 3.8) is 0 Å². The predicted octanol–water partition coefficient (Wildman–Crippen LogP) is 4.38. The van der Waals surface area contributed by atoms with Gasteiger partial charge in [-0.2, -0.15) is 8.42 Å². The zero-order chi connectivity index (χ0) is 19.7. The molecule has 1 aromatic carbocycles. The summed E-state index contributed by atoms with van der Waals surface area (Å²) in [5.41, 5.74) is 0. The molecular weight excluding hydrogens is 376 g/mol. The predicted molar refractivity (Wildman–Crippen MR) is 104 cm³/mol. The highest BCUT2D eigenvalue weighted by atomic mass is 32.2. The molecule has 0 bridgehead atoms. The maximum Gasteiger partial charge on any atom is 0.294 e. The molecule has 0 saturated heterocycles. The standard InChI is InChI=1S/C12H26O3S.C6H6O3S/c1-2-3-4-5-6-7-8-9-10-11-12-15-16(13)14;7-10(8,9)6-4-2-1-3-5-6/h16H,2-12H2,1H3;1-5H,(H,7,8,9). The van der Waals surface area contributed by atoms with Gasteiger partial charge in [0.1, 0.15) is 0 Å². The molecule has 0 amide bonds. The quantitative estimate of drug-likeness (QED) is 0.285. The molecule has 0 atom stereocenters. The van der Waals surface area contributed by atoms with Gasteiger partial charge in [-0.25, -0.2) is 8.42 Å². The Bertz CT molecular complexity index is 604. The Morgan fingerprint density at radius 2 is 1.31 bits per heavy atom. The van der Waals surface area contributed by atoms with Crippen molar-refractivity contribution in [1.29, 1.82) is 0 Å². The van der Waals surface area contributed by atoms with E-state index in [0.29, 0.717) is 6.61 Å². The number of benzene rings is 1. The Kier molecular flexibility index (Phi) is 15.6. The van der Waals surface area contributed by atoms with E-state index in [1.54, 1.807) is 18.2 Å². The summed E-state index contributed by atoms with van der Waals surface area (Å²) in [6.07, 6.45) is 12.5. The highest BCUT2D eigenvalue weighted by Gasteiger charge is 2.05. The van der Waals surface area contributed by atoms with Crippen molar-refractivity contribution < 1.29 is 25.6 Å². The van der Waals surface area contributed by atoms with E-state index in [-0.39, 0.29) is 4.90 Å². The van der Waals surface area contributed by atoms with Gasteiger partial charge in [0, 0.05) is 0 Å². The van der Waals surface area contributed by atoms with Gasteiger partial charge in [0.05, 0.1) is 11.5 Å². The Morgan fingerprint density at radius 3 is 1.69 bits per heavy atom. The van der Waals surface area contributed by atoms with Crippen LogP contribution in [-0.2, 0) is 25.3 Å². The zero-order valence-electron chi connectivity index (χ0n) is 15.5. The van der Waals surface area contributed by atoms with Crippen LogP contribution in [0.5, 0.6) is 0 Å². The molecule has 0 heterocycles. The van der Waals surface area contributed by atoms with Crippen molar-refractivity contribution in [2.75, 3.05) is 6.61 Å². The zero-order valence-corrected chi connectivity index (χ0v) is 17.2. The average Bonchev–Trinajstić information content (AvgIpc) is 2.60. The van der Waals surface area contributed by atoms with Gasteiger partial charge in [0.15, 0.2) is 0 Å². The number of unbranched alkanes of at least 4 members (excludes halogenated alkanes) is 9. The monoisotopic (exact) mass is 408 g/mol. The van der Waals surface area contributed by atoms with Gasteiger partial charge in [-0.3, -0.25) is 8.74 Å². The van der Waals surface area contributed by atoms with Crippen molar-refractivity contribution in [2.24, 2.45) is 0 Å². The summed E-state index contributed by atoms with van der Waals surface area (Å²) < 4.78 is 53.9. The first kappa shape index (κ1) is 25.0. The SMILES string of the molecule is CCCCCCCCCCCCO[SH](=O)=O.O=S(=O)(O)c1ccccc1. The van der Waals surface area contributed by atoms with Gasteiger partial charge >= 0.3 is 0 Å². The molecule has 0 aliphatic rings. The summed E-state index contributed by atoms with van der Waals surface area (Å²) >= 11 is 0. The number of hydrogen-bond donors (Lipinski definition) is 2. The summed E-state index contributed by atoms with van der Waals surface area (Å²) in [6.45, 7) is 2.59. The lowest BCUT2D eigenvalue weighted by Gasteiger charge is -2.01. The molecule has 8 heteroatoms. The summed E-state index contributed by atoms with van der Waals surface area (Å²) in [5, 5.41) is 0. The van der Waals surface area contributed by atoms with Gasteiger partial charge in [-0.15, -0.1) is 0 Å². The summed E-state index contributed by atoms with van der Waals surface area (Å²) in [6, 6.07) is 7.42. The normalized spacial score (nSPS) is 11.2. The lowest BCUT2D eigenvalue weighted by molar-refractivity contribution is 0.319. The van der Waals surface area contributed by atoms with Crippen LogP contribution in [-0.4, -0.2) is 28.0 Å². The fourth-order valence-corrected chi connectivity index (χ4v) is 3.10. The van der Waals surface area contributed by atoms with E-state index >= 15 is 0 Å². The topological polar surface area (TPSA) is 97.7 Å². The second-order valence-electron chi connectivity index (χ2n) is 6.03. The lowest BCUT2D eigenvalue weighted by atomic mass is 10.1. The lowest BCUT2D eigenvalue weighted by Crippen LogP contribution is -1.96. The second kappa shape index (κ2) is 16.2. The van der Waals surface area contributed by atoms with Gasteiger partial charge in [0.2, 0.25) is 0 Å². The summed E-state index contributed by atoms with van der Waals surface area (Å²) in [5.74, 6) is 0. The fourth-order valence-electron chi connectivity index (χ4n) is 2.32. The minimum absolute atomic E-state index is 0.0741. The maximum absolute atomic E-state index is 10.4. The molecular formula is C18H32O6S2. The Balaban J connectivity index is 0.000000531. The minimum Gasteiger partial charge on any atom is -0.282 e. The van der Waals surface area contributed by atoms with Gasteiger partial charge in [0.25, 0.3) is 21.1 Å². The largest absolute Gasteiger partial charge is 0.294 e. The summed E-state index contributed by atoms with van der Waals surface area (Å²) in [4.78, 5) is -0.0741. The first-order chi connectivity index (χ1) is 12.4. The highest BCUT2D eigenvalue weighted by molar-refractivity contribution is 7.85. The number of hydrogen-bond acceptors (Lipinski definition) is 5. The molecule has 6 nitrogen and oxygen atoms in total. The molecule has 0 aromatic heterocycles. The Hall–Kier alpha value is -0.960. The number of thiol groups is 1. The van der Waals surface area contributed by atoms with Crippen LogP contribution < -0.4 is 0 Å². The van der Waals surface area contributed by atoms with Gasteiger partial charge < -0.3 is 0 Å². The van der Waals surface area contributed by atoms with E-state index < -0.39 is 21.1 Å². The van der Waals surface area contributed by atoms with Crippen LogP contribution in [0.4, 0.5) is 0 Å². The van der Waals surface area contributed by atoms with Crippen LogP contribution in [0.3, 0.4) is 0 Å². The van der Waals surface area contributed by atoms with Gasteiger partial charge in [-0.1, -0.05) is 82.9 Å². The molecule has 152 valence electrons. The molecule has 0 saturated carbocycles. The van der Waals surface area contributed by atoms with Crippen LogP contribution in [0.1, 0.15) is 71.1 Å². The third-order valence-electron chi connectivity index (χ3n) is 3.74. The van der Waals surface area contributed by atoms with E-state index in [1.165, 1.54) is 63.5 Å². The maximum atomic E-state index is 10.4. The van der Waals surface area contributed by atoms with Crippen LogP contribution in [0, 0.1) is 0 Å². The van der Waals surface area contributed by atoms with Crippen LogP contribution in [0.2, 0.25) is 0 Å². The van der Waals surface area contributed by atoms with Crippen LogP contribution >= 0.6 is 0 Å². The van der Waals surface area contributed by atoms with Crippen LogP contribution in [0.25, 0.3) is 0 Å². The van der Waals surface area contributed by atoms with Crippen molar-refractivity contribution in [3.8, 4) is 0 Å². The molecule has 0 aliphatic heterocycles. The van der Waals surface area contributed by atoms with Gasteiger partial charge in [-0.05, 0) is 18.6 Å². The Labute approximate surface area is 159 Å². The first-order valence-corrected chi connectivity index (χ1v) is 11.7. The third kappa shape index (κ3) is 16.5. The molecule has 26 heavy (non-hydrogen) atoms. The van der Waals surface area contributed by atoms with E-state index in [4.69, 9.17) is 4.55 Å². The minimum atomic E-state index is -4.00. The highest BCUT2D eigenvalue weighted by Crippen LogP contribution is 2.10. The van der Waals surface area contributed by atoms with E-state index in [0.717, 1.165) is 12.8 Å². The molecule has 0 aliphatic carbocycles. The number of rotatable bonds is 13. The first-order valence-electron chi connectivity index (χ1n) is 9.17. The van der Waals surface area contributed by atoms with E-state index in [9.17, 15) is 16.8 Å². The summed E-state index contributed by atoms with van der Waals surface area (Å²) in [7, 11) is -6.64. The van der Waals surface area contributed by atoms with Crippen molar-refractivity contribution in [3.05, 3.63) is 30.3 Å². The molecule has 0 unspecified atom stereocenters. The molecule has 0 fully saturated rings. The molecule has 1 rings (SSSR count). The molecule has 0 radical (unpaired) electrons. The van der Waals surface area contributed by atoms with Crippen molar-refractivity contribution in [1.82, 2.24) is 0 Å². The van der Waals surface area contributed by atoms with E-state index in [1.807, 2.05) is 0 Å². The van der Waals surface area contributed by atoms with E-state index in [2.05, 4.69) is 11.1 Å². The van der Waals surface area contributed by atoms with Crippen LogP contribution in [0.15, 0.2) is 35.2 Å². The molecule has 0 spiro atoms. The third-order valence-corrected chi connectivity index (χ3v) is 5.00. The smallest absolute Gasteiger partial charge is 0.282 e. The second-order valence-corrected chi connectivity index (χ2v) is 8.15. The molecule has 1 aromatic rings. The van der Waals surface area contributed by atoms with Crippen molar-refractivity contribution >= 4 is 21.1 Å². The Morgan fingerprint density at radius 1 is 0.846 bits per heavy atom. The van der Waals surface area contributed by atoms with Crippen molar-refractivity contribution in [2.45, 2.75) is 76.0 Å². The molecule has 1 N–H and O–H groups in total. The fraction of sp³-hybridized carbons (Fsp3) is 0.667. The average molecular weight is 409 g/mol.